The predicted molar refractivity (Wildman–Crippen MR) is 186 cm³/mol. The van der Waals surface area contributed by atoms with Crippen molar-refractivity contribution >= 4 is 53.6 Å². The van der Waals surface area contributed by atoms with Crippen molar-refractivity contribution in [3.05, 3.63) is 46.2 Å². The zero-order chi connectivity index (χ0) is 27.8. The van der Waals surface area contributed by atoms with E-state index >= 15 is 0 Å². The first-order valence-electron chi connectivity index (χ1n) is 17.1. The molecule has 40 heavy (non-hydrogen) atoms. The number of thiophene rings is 2. The van der Waals surface area contributed by atoms with Crippen LogP contribution in [0.1, 0.15) is 153 Å². The lowest BCUT2D eigenvalue weighted by atomic mass is 9.94. The van der Waals surface area contributed by atoms with Gasteiger partial charge in [0.05, 0.1) is 0 Å². The molecule has 4 rings (SSSR count). The standard InChI is InChI=1S/C38H56S2/c1-3-5-7-9-11-13-15-17-19-21-23-31-29-35-34-26-28-40-38(34)32(30-36(35)33-25-27-39-37(31)33)24-22-20-18-16-14-12-10-8-6-4-2/h25-30H,3-24H2,1-2H3. The zero-order valence-electron chi connectivity index (χ0n) is 25.8. The van der Waals surface area contributed by atoms with Crippen LogP contribution in [0, 0.1) is 0 Å². The molecule has 0 nitrogen and oxygen atoms in total. The molecule has 4 aromatic rings. The van der Waals surface area contributed by atoms with Crippen LogP contribution in [0.4, 0.5) is 0 Å². The molecule has 2 aromatic heterocycles. The summed E-state index contributed by atoms with van der Waals surface area (Å²) < 4.78 is 3.09. The van der Waals surface area contributed by atoms with Gasteiger partial charge in [-0.3, -0.25) is 0 Å². The Morgan fingerprint density at radius 3 is 1.07 bits per heavy atom. The van der Waals surface area contributed by atoms with Crippen LogP contribution in [-0.2, 0) is 12.8 Å². The Morgan fingerprint density at radius 1 is 0.400 bits per heavy atom. The number of unbranched alkanes of at least 4 members (excludes halogenated alkanes) is 18. The number of aryl methyl sites for hydroxylation is 2. The van der Waals surface area contributed by atoms with Crippen molar-refractivity contribution in [3.8, 4) is 0 Å². The molecule has 2 heteroatoms. The van der Waals surface area contributed by atoms with Crippen LogP contribution in [0.25, 0.3) is 30.9 Å². The second-order valence-electron chi connectivity index (χ2n) is 12.4. The smallest absolute Gasteiger partial charge is 0.0381 e. The summed E-state index contributed by atoms with van der Waals surface area (Å²) in [4.78, 5) is 0. The van der Waals surface area contributed by atoms with Gasteiger partial charge in [-0.1, -0.05) is 129 Å². The van der Waals surface area contributed by atoms with E-state index in [1.807, 2.05) is 22.7 Å². The van der Waals surface area contributed by atoms with Crippen LogP contribution in [-0.4, -0.2) is 0 Å². The van der Waals surface area contributed by atoms with Crippen molar-refractivity contribution in [3.63, 3.8) is 0 Å². The number of fused-ring (bicyclic) bond motifs is 5. The molecule has 0 unspecified atom stereocenters. The molecule has 0 saturated carbocycles. The molecular weight excluding hydrogens is 521 g/mol. The molecule has 0 aliphatic rings. The average Bonchev–Trinajstić information content (AvgIpc) is 3.66. The van der Waals surface area contributed by atoms with Gasteiger partial charge in [0, 0.05) is 20.2 Å². The Balaban J connectivity index is 1.31. The second-order valence-corrected chi connectivity index (χ2v) is 14.2. The van der Waals surface area contributed by atoms with Crippen molar-refractivity contribution in [2.75, 3.05) is 0 Å². The first kappa shape index (κ1) is 31.6. The van der Waals surface area contributed by atoms with E-state index in [9.17, 15) is 0 Å². The maximum atomic E-state index is 2.57. The molecule has 0 saturated heterocycles. The fourth-order valence-corrected chi connectivity index (χ4v) is 8.51. The van der Waals surface area contributed by atoms with Gasteiger partial charge in [0.25, 0.3) is 0 Å². The molecule has 0 aliphatic carbocycles. The average molecular weight is 577 g/mol. The van der Waals surface area contributed by atoms with Gasteiger partial charge >= 0.3 is 0 Å². The number of hydrogen-bond donors (Lipinski definition) is 0. The number of benzene rings is 2. The van der Waals surface area contributed by atoms with Crippen LogP contribution >= 0.6 is 22.7 Å². The minimum absolute atomic E-state index is 1.23. The topological polar surface area (TPSA) is 0 Å². The van der Waals surface area contributed by atoms with Crippen LogP contribution in [0.3, 0.4) is 0 Å². The van der Waals surface area contributed by atoms with Gasteiger partial charge in [0.2, 0.25) is 0 Å². The summed E-state index contributed by atoms with van der Waals surface area (Å²) >= 11 is 3.92. The van der Waals surface area contributed by atoms with Gasteiger partial charge in [0.1, 0.15) is 0 Å². The highest BCUT2D eigenvalue weighted by Gasteiger charge is 2.14. The van der Waals surface area contributed by atoms with E-state index in [1.165, 1.54) is 163 Å². The first-order chi connectivity index (χ1) is 19.8. The molecule has 0 N–H and O–H groups in total. The van der Waals surface area contributed by atoms with E-state index in [4.69, 9.17) is 0 Å². The molecule has 220 valence electrons. The van der Waals surface area contributed by atoms with E-state index in [-0.39, 0.29) is 0 Å². The van der Waals surface area contributed by atoms with E-state index in [2.05, 4.69) is 48.9 Å². The summed E-state index contributed by atoms with van der Waals surface area (Å²) in [6.45, 7) is 4.61. The molecule has 0 radical (unpaired) electrons. The van der Waals surface area contributed by atoms with Crippen molar-refractivity contribution in [1.82, 2.24) is 0 Å². The Kier molecular flexibility index (Phi) is 14.4. The molecule has 0 fully saturated rings. The SMILES string of the molecule is CCCCCCCCCCCCc1cc2c3ccsc3c(CCCCCCCCCCCC)cc2c2ccsc12. The van der Waals surface area contributed by atoms with E-state index < -0.39 is 0 Å². The van der Waals surface area contributed by atoms with E-state index in [1.54, 1.807) is 20.5 Å². The van der Waals surface area contributed by atoms with Crippen molar-refractivity contribution < 1.29 is 0 Å². The van der Waals surface area contributed by atoms with Crippen LogP contribution < -0.4 is 0 Å². The fraction of sp³-hybridized carbons (Fsp3) is 0.632. The maximum absolute atomic E-state index is 2.57. The van der Waals surface area contributed by atoms with Gasteiger partial charge in [-0.15, -0.1) is 22.7 Å². The molecule has 2 heterocycles. The summed E-state index contributed by atoms with van der Waals surface area (Å²) in [5.41, 5.74) is 3.18. The monoisotopic (exact) mass is 576 g/mol. The van der Waals surface area contributed by atoms with Gasteiger partial charge in [-0.25, -0.2) is 0 Å². The third kappa shape index (κ3) is 9.32. The summed E-state index contributed by atoms with van der Waals surface area (Å²) in [6.07, 6.45) is 30.6. The van der Waals surface area contributed by atoms with Gasteiger partial charge in [0.15, 0.2) is 0 Å². The minimum Gasteiger partial charge on any atom is -0.144 e. The lowest BCUT2D eigenvalue weighted by Crippen LogP contribution is -1.92. The van der Waals surface area contributed by atoms with Crippen molar-refractivity contribution in [1.29, 1.82) is 0 Å². The highest BCUT2D eigenvalue weighted by atomic mass is 32.1. The highest BCUT2D eigenvalue weighted by Crippen LogP contribution is 2.40. The summed E-state index contributed by atoms with van der Waals surface area (Å²) in [6, 6.07) is 9.93. The third-order valence-corrected chi connectivity index (χ3v) is 11.0. The predicted octanol–water partition coefficient (Wildman–Crippen LogP) is 14.2. The summed E-state index contributed by atoms with van der Waals surface area (Å²) in [5.74, 6) is 0. The Morgan fingerprint density at radius 2 is 0.725 bits per heavy atom. The molecule has 0 aliphatic heterocycles. The van der Waals surface area contributed by atoms with Gasteiger partial charge < -0.3 is 0 Å². The van der Waals surface area contributed by atoms with Crippen LogP contribution in [0.15, 0.2) is 35.0 Å². The molecule has 0 bridgehead atoms. The molecule has 0 atom stereocenters. The lowest BCUT2D eigenvalue weighted by molar-refractivity contribution is 0.556. The zero-order valence-corrected chi connectivity index (χ0v) is 27.5. The maximum Gasteiger partial charge on any atom is 0.0381 e. The van der Waals surface area contributed by atoms with E-state index in [0.29, 0.717) is 0 Å². The summed E-state index contributed by atoms with van der Waals surface area (Å²) in [7, 11) is 0. The molecular formula is C38H56S2. The number of rotatable bonds is 22. The van der Waals surface area contributed by atoms with Crippen molar-refractivity contribution in [2.45, 2.75) is 155 Å². The van der Waals surface area contributed by atoms with Gasteiger partial charge in [-0.2, -0.15) is 0 Å². The molecule has 0 amide bonds. The third-order valence-electron chi connectivity index (χ3n) is 9.02. The Labute approximate surface area is 254 Å². The van der Waals surface area contributed by atoms with Crippen LogP contribution in [0.5, 0.6) is 0 Å². The minimum atomic E-state index is 1.23. The van der Waals surface area contributed by atoms with Gasteiger partial charge in [-0.05, 0) is 82.6 Å². The van der Waals surface area contributed by atoms with Crippen molar-refractivity contribution in [2.24, 2.45) is 0 Å². The Hall–Kier alpha value is -1.38. The quantitative estimate of drug-likeness (QED) is 0.0816. The Bertz CT molecular complexity index is 1150. The molecule has 0 spiro atoms. The van der Waals surface area contributed by atoms with E-state index in [0.717, 1.165) is 0 Å². The van der Waals surface area contributed by atoms with Crippen LogP contribution in [0.2, 0.25) is 0 Å². The molecule has 2 aromatic carbocycles. The summed E-state index contributed by atoms with van der Waals surface area (Å²) in [5, 5.41) is 10.6. The normalized spacial score (nSPS) is 11.9. The largest absolute Gasteiger partial charge is 0.144 e. The first-order valence-corrected chi connectivity index (χ1v) is 18.9. The second kappa shape index (κ2) is 18.2. The fourth-order valence-electron chi connectivity index (χ4n) is 6.60. The lowest BCUT2D eigenvalue weighted by Gasteiger charge is -2.12. The number of hydrogen-bond acceptors (Lipinski definition) is 2. The highest BCUT2D eigenvalue weighted by molar-refractivity contribution is 7.18.